The van der Waals surface area contributed by atoms with Crippen LogP contribution in [0.1, 0.15) is 19.4 Å². The van der Waals surface area contributed by atoms with Crippen molar-refractivity contribution in [2.45, 2.75) is 26.9 Å². The monoisotopic (exact) mass is 281 g/mol. The van der Waals surface area contributed by atoms with E-state index < -0.39 is 0 Å². The molecule has 0 unspecified atom stereocenters. The van der Waals surface area contributed by atoms with E-state index in [1.165, 1.54) is 11.8 Å². The lowest BCUT2D eigenvalue weighted by atomic mass is 10.2. The second-order valence-corrected chi connectivity index (χ2v) is 5.43. The lowest BCUT2D eigenvalue weighted by molar-refractivity contribution is -0.144. The van der Waals surface area contributed by atoms with Crippen molar-refractivity contribution in [3.63, 3.8) is 0 Å². The summed E-state index contributed by atoms with van der Waals surface area (Å²) in [5.41, 5.74) is 1.86. The van der Waals surface area contributed by atoms with Crippen molar-refractivity contribution in [3.8, 4) is 0 Å². The Morgan fingerprint density at radius 2 is 2.05 bits per heavy atom. The highest BCUT2D eigenvalue weighted by Gasteiger charge is 2.08. The number of aryl methyl sites for hydroxylation is 1. The zero-order valence-corrected chi connectivity index (χ0v) is 12.3. The summed E-state index contributed by atoms with van der Waals surface area (Å²) in [7, 11) is 0. The van der Waals surface area contributed by atoms with Gasteiger partial charge in [0.05, 0.1) is 17.6 Å². The summed E-state index contributed by atoms with van der Waals surface area (Å²) >= 11 is 1.25. The van der Waals surface area contributed by atoms with Gasteiger partial charge < -0.3 is 10.1 Å². The number of carbonyl (C=O) groups is 2. The molecule has 0 atom stereocenters. The molecule has 0 radical (unpaired) electrons. The number of hydrogen-bond donors (Lipinski definition) is 1. The zero-order valence-electron chi connectivity index (χ0n) is 11.4. The SMILES string of the molecule is Cc1cccc(NC(=O)CSCC(=O)OC(C)C)c1. The molecule has 104 valence electrons. The van der Waals surface area contributed by atoms with Gasteiger partial charge in [0.1, 0.15) is 0 Å². The second kappa shape index (κ2) is 7.84. The van der Waals surface area contributed by atoms with Crippen LogP contribution in [-0.2, 0) is 14.3 Å². The van der Waals surface area contributed by atoms with E-state index in [1.54, 1.807) is 13.8 Å². The van der Waals surface area contributed by atoms with Gasteiger partial charge in [-0.05, 0) is 38.5 Å². The number of thioether (sulfide) groups is 1. The number of rotatable bonds is 6. The lowest BCUT2D eigenvalue weighted by Crippen LogP contribution is -2.17. The van der Waals surface area contributed by atoms with Crippen LogP contribution in [-0.4, -0.2) is 29.5 Å². The van der Waals surface area contributed by atoms with Gasteiger partial charge in [0, 0.05) is 5.69 Å². The maximum absolute atomic E-state index is 11.6. The molecular formula is C14H19NO3S. The van der Waals surface area contributed by atoms with Gasteiger partial charge >= 0.3 is 5.97 Å². The molecule has 0 aliphatic carbocycles. The molecular weight excluding hydrogens is 262 g/mol. The molecule has 0 aliphatic rings. The van der Waals surface area contributed by atoms with E-state index in [0.29, 0.717) is 0 Å². The Kier molecular flexibility index (Phi) is 6.42. The number of amides is 1. The van der Waals surface area contributed by atoms with Gasteiger partial charge in [-0.2, -0.15) is 0 Å². The molecule has 0 fully saturated rings. The maximum Gasteiger partial charge on any atom is 0.316 e. The highest BCUT2D eigenvalue weighted by Crippen LogP contribution is 2.10. The minimum absolute atomic E-state index is 0.116. The van der Waals surface area contributed by atoms with Gasteiger partial charge in [-0.3, -0.25) is 9.59 Å². The van der Waals surface area contributed by atoms with Gasteiger partial charge in [0.15, 0.2) is 0 Å². The molecule has 5 heteroatoms. The minimum atomic E-state index is -0.289. The van der Waals surface area contributed by atoms with Gasteiger partial charge in [-0.15, -0.1) is 11.8 Å². The number of ether oxygens (including phenoxy) is 1. The normalized spacial score (nSPS) is 10.3. The van der Waals surface area contributed by atoms with E-state index in [2.05, 4.69) is 5.32 Å². The molecule has 4 nitrogen and oxygen atoms in total. The smallest absolute Gasteiger partial charge is 0.316 e. The highest BCUT2D eigenvalue weighted by molar-refractivity contribution is 8.00. The fraction of sp³-hybridized carbons (Fsp3) is 0.429. The largest absolute Gasteiger partial charge is 0.462 e. The third-order valence-corrected chi connectivity index (χ3v) is 3.03. The van der Waals surface area contributed by atoms with Crippen LogP contribution >= 0.6 is 11.8 Å². The van der Waals surface area contributed by atoms with E-state index in [9.17, 15) is 9.59 Å². The topological polar surface area (TPSA) is 55.4 Å². The van der Waals surface area contributed by atoms with Crippen LogP contribution in [0.5, 0.6) is 0 Å². The highest BCUT2D eigenvalue weighted by atomic mass is 32.2. The Balaban J connectivity index is 2.27. The summed E-state index contributed by atoms with van der Waals surface area (Å²) in [5, 5.41) is 2.79. The van der Waals surface area contributed by atoms with Gasteiger partial charge in [0.25, 0.3) is 0 Å². The van der Waals surface area contributed by atoms with Crippen molar-refractivity contribution in [3.05, 3.63) is 29.8 Å². The van der Waals surface area contributed by atoms with E-state index >= 15 is 0 Å². The van der Waals surface area contributed by atoms with Crippen molar-refractivity contribution in [1.29, 1.82) is 0 Å². The van der Waals surface area contributed by atoms with Crippen LogP contribution in [0.15, 0.2) is 24.3 Å². The Hall–Kier alpha value is -1.49. The molecule has 0 aliphatic heterocycles. The summed E-state index contributed by atoms with van der Waals surface area (Å²) in [5.74, 6) is 0.0249. The van der Waals surface area contributed by atoms with E-state index in [-0.39, 0.29) is 29.5 Å². The molecule has 0 spiro atoms. The zero-order chi connectivity index (χ0) is 14.3. The first-order chi connectivity index (χ1) is 8.97. The van der Waals surface area contributed by atoms with E-state index in [0.717, 1.165) is 11.3 Å². The molecule has 1 rings (SSSR count). The first-order valence-electron chi connectivity index (χ1n) is 6.11. The third kappa shape index (κ3) is 6.86. The molecule has 1 N–H and O–H groups in total. The number of hydrogen-bond acceptors (Lipinski definition) is 4. The number of esters is 1. The fourth-order valence-corrected chi connectivity index (χ4v) is 2.04. The molecule has 0 bridgehead atoms. The van der Waals surface area contributed by atoms with Crippen LogP contribution < -0.4 is 5.32 Å². The van der Waals surface area contributed by atoms with Crippen LogP contribution in [0.4, 0.5) is 5.69 Å². The van der Waals surface area contributed by atoms with Gasteiger partial charge in [-0.25, -0.2) is 0 Å². The lowest BCUT2D eigenvalue weighted by Gasteiger charge is -2.08. The van der Waals surface area contributed by atoms with E-state index in [1.807, 2.05) is 31.2 Å². The quantitative estimate of drug-likeness (QED) is 0.814. The number of carbonyl (C=O) groups excluding carboxylic acids is 2. The Bertz CT molecular complexity index is 446. The third-order valence-electron chi connectivity index (χ3n) is 2.12. The average molecular weight is 281 g/mol. The molecule has 0 saturated carbocycles. The predicted octanol–water partition coefficient (Wildman–Crippen LogP) is 2.62. The summed E-state index contributed by atoms with van der Waals surface area (Å²) in [6.07, 6.45) is -0.116. The Morgan fingerprint density at radius 3 is 2.68 bits per heavy atom. The molecule has 0 heterocycles. The van der Waals surface area contributed by atoms with Crippen LogP contribution in [0.2, 0.25) is 0 Å². The summed E-state index contributed by atoms with van der Waals surface area (Å²) in [4.78, 5) is 22.9. The Labute approximate surface area is 117 Å². The number of anilines is 1. The molecule has 19 heavy (non-hydrogen) atoms. The van der Waals surface area contributed by atoms with Crippen LogP contribution in [0.25, 0.3) is 0 Å². The van der Waals surface area contributed by atoms with Crippen LogP contribution in [0.3, 0.4) is 0 Å². The van der Waals surface area contributed by atoms with Crippen LogP contribution in [0, 0.1) is 6.92 Å². The summed E-state index contributed by atoms with van der Waals surface area (Å²) < 4.78 is 4.97. The van der Waals surface area contributed by atoms with E-state index in [4.69, 9.17) is 4.74 Å². The molecule has 1 aromatic rings. The number of benzene rings is 1. The predicted molar refractivity (Wildman–Crippen MR) is 78.4 cm³/mol. The van der Waals surface area contributed by atoms with Crippen molar-refractivity contribution in [2.24, 2.45) is 0 Å². The standard InChI is InChI=1S/C14H19NO3S/c1-10(2)18-14(17)9-19-8-13(16)15-12-6-4-5-11(3)7-12/h4-7,10H,8-9H2,1-3H3,(H,15,16). The average Bonchev–Trinajstić information content (AvgIpc) is 2.27. The van der Waals surface area contributed by atoms with Crippen molar-refractivity contribution in [1.82, 2.24) is 0 Å². The fourth-order valence-electron chi connectivity index (χ4n) is 1.44. The van der Waals surface area contributed by atoms with Gasteiger partial charge in [0.2, 0.25) is 5.91 Å². The summed E-state index contributed by atoms with van der Waals surface area (Å²) in [6, 6.07) is 7.59. The van der Waals surface area contributed by atoms with Crippen molar-refractivity contribution >= 4 is 29.3 Å². The first-order valence-corrected chi connectivity index (χ1v) is 7.26. The molecule has 0 saturated heterocycles. The van der Waals surface area contributed by atoms with Crippen molar-refractivity contribution in [2.75, 3.05) is 16.8 Å². The molecule has 1 aromatic carbocycles. The second-order valence-electron chi connectivity index (χ2n) is 4.45. The summed E-state index contributed by atoms with van der Waals surface area (Å²) in [6.45, 7) is 5.56. The molecule has 1 amide bonds. The minimum Gasteiger partial charge on any atom is -0.462 e. The Morgan fingerprint density at radius 1 is 1.32 bits per heavy atom. The maximum atomic E-state index is 11.6. The molecule has 0 aromatic heterocycles. The number of nitrogens with one attached hydrogen (secondary N) is 1. The first kappa shape index (κ1) is 15.6. The van der Waals surface area contributed by atoms with Crippen molar-refractivity contribution < 1.29 is 14.3 Å². The van der Waals surface area contributed by atoms with Gasteiger partial charge in [-0.1, -0.05) is 12.1 Å².